The van der Waals surface area contributed by atoms with E-state index in [0.29, 0.717) is 6.61 Å². The van der Waals surface area contributed by atoms with Crippen LogP contribution >= 0.6 is 0 Å². The third-order valence-electron chi connectivity index (χ3n) is 3.56. The molecule has 1 saturated carbocycles. The zero-order valence-corrected chi connectivity index (χ0v) is 6.30. The average molecular weight is 153 g/mol. The molecule has 2 heterocycles. The van der Waals surface area contributed by atoms with E-state index in [-0.39, 0.29) is 17.4 Å². The fourth-order valence-electron chi connectivity index (χ4n) is 2.82. The van der Waals surface area contributed by atoms with Crippen LogP contribution in [0.15, 0.2) is 0 Å². The van der Waals surface area contributed by atoms with E-state index in [2.05, 4.69) is 5.32 Å². The van der Waals surface area contributed by atoms with Gasteiger partial charge in [0.25, 0.3) is 0 Å². The summed E-state index contributed by atoms with van der Waals surface area (Å²) >= 11 is 0. The lowest BCUT2D eigenvalue weighted by Crippen LogP contribution is -2.60. The second kappa shape index (κ2) is 1.61. The van der Waals surface area contributed by atoms with Gasteiger partial charge in [-0.15, -0.1) is 0 Å². The molecule has 0 bridgehead atoms. The first kappa shape index (κ1) is 6.00. The first-order valence-electron chi connectivity index (χ1n) is 4.24. The van der Waals surface area contributed by atoms with Gasteiger partial charge in [-0.25, -0.2) is 0 Å². The molecule has 0 aromatic carbocycles. The highest BCUT2D eigenvalue weighted by molar-refractivity contribution is 5.78. The number of nitrogens with one attached hydrogen (secondary N) is 1. The van der Waals surface area contributed by atoms with Crippen molar-refractivity contribution in [1.82, 2.24) is 5.32 Å². The standard InChI is InChI=1S/C8H11NO2/c10-7-6-3-5-1-2-9-8(5,6)4-11-7/h5-6,9H,1-4H2/t5-,6+,8-/m1/s1. The van der Waals surface area contributed by atoms with Gasteiger partial charge >= 0.3 is 5.97 Å². The van der Waals surface area contributed by atoms with Crippen molar-refractivity contribution < 1.29 is 9.53 Å². The zero-order chi connectivity index (χ0) is 7.47. The number of hydrogen-bond acceptors (Lipinski definition) is 3. The van der Waals surface area contributed by atoms with Gasteiger partial charge in [0.1, 0.15) is 6.61 Å². The molecule has 2 saturated heterocycles. The molecule has 2 aliphatic heterocycles. The van der Waals surface area contributed by atoms with Crippen LogP contribution in [0.3, 0.4) is 0 Å². The molecule has 3 aliphatic rings. The molecule has 3 atom stereocenters. The number of carbonyl (C=O) groups is 1. The first-order valence-corrected chi connectivity index (χ1v) is 4.24. The SMILES string of the molecule is O=C1OC[C@@]23NCC[C@@H]2C[C@@H]13. The molecule has 11 heavy (non-hydrogen) atoms. The Hall–Kier alpha value is -0.570. The number of carbonyl (C=O) groups excluding carboxylic acids is 1. The molecule has 1 spiro atoms. The molecule has 1 N–H and O–H groups in total. The molecule has 1 aliphatic carbocycles. The maximum atomic E-state index is 11.1. The van der Waals surface area contributed by atoms with Crippen molar-refractivity contribution in [2.75, 3.05) is 13.2 Å². The van der Waals surface area contributed by atoms with Gasteiger partial charge < -0.3 is 10.1 Å². The van der Waals surface area contributed by atoms with Crippen LogP contribution in [0, 0.1) is 11.8 Å². The van der Waals surface area contributed by atoms with Gasteiger partial charge in [-0.2, -0.15) is 0 Å². The third kappa shape index (κ3) is 0.495. The maximum absolute atomic E-state index is 11.1. The second-order valence-electron chi connectivity index (χ2n) is 3.85. The molecule has 3 fully saturated rings. The van der Waals surface area contributed by atoms with Crippen molar-refractivity contribution in [3.8, 4) is 0 Å². The Bertz CT molecular complexity index is 228. The van der Waals surface area contributed by atoms with Crippen LogP contribution in [0.25, 0.3) is 0 Å². The number of ether oxygens (including phenoxy) is 1. The lowest BCUT2D eigenvalue weighted by atomic mass is 9.61. The summed E-state index contributed by atoms with van der Waals surface area (Å²) in [6.45, 7) is 1.69. The minimum Gasteiger partial charge on any atom is -0.463 e. The smallest absolute Gasteiger partial charge is 0.311 e. The topological polar surface area (TPSA) is 38.3 Å². The van der Waals surface area contributed by atoms with E-state index < -0.39 is 0 Å². The van der Waals surface area contributed by atoms with E-state index in [1.165, 1.54) is 6.42 Å². The number of cyclic esters (lactones) is 1. The highest BCUT2D eigenvalue weighted by atomic mass is 16.5. The minimum atomic E-state index is 0.0238. The summed E-state index contributed by atoms with van der Waals surface area (Å²) in [5, 5.41) is 3.42. The van der Waals surface area contributed by atoms with Crippen molar-refractivity contribution in [3.05, 3.63) is 0 Å². The summed E-state index contributed by atoms with van der Waals surface area (Å²) in [4.78, 5) is 11.1. The van der Waals surface area contributed by atoms with Crippen molar-refractivity contribution in [3.63, 3.8) is 0 Å². The first-order chi connectivity index (χ1) is 5.33. The van der Waals surface area contributed by atoms with Crippen LogP contribution in [0.2, 0.25) is 0 Å². The summed E-state index contributed by atoms with van der Waals surface area (Å²) in [7, 11) is 0. The molecule has 3 heteroatoms. The van der Waals surface area contributed by atoms with Crippen molar-refractivity contribution >= 4 is 5.97 Å². The van der Waals surface area contributed by atoms with Gasteiger partial charge in [0.05, 0.1) is 11.5 Å². The van der Waals surface area contributed by atoms with E-state index in [0.717, 1.165) is 18.9 Å². The van der Waals surface area contributed by atoms with E-state index >= 15 is 0 Å². The van der Waals surface area contributed by atoms with Crippen LogP contribution in [0.1, 0.15) is 12.8 Å². The van der Waals surface area contributed by atoms with E-state index in [9.17, 15) is 4.79 Å². The van der Waals surface area contributed by atoms with Gasteiger partial charge in [-0.05, 0) is 25.3 Å². The Kier molecular flexibility index (Phi) is 0.876. The molecule has 0 amide bonds. The molecule has 0 aromatic heterocycles. The summed E-state index contributed by atoms with van der Waals surface area (Å²) in [6, 6.07) is 0. The Morgan fingerprint density at radius 3 is 3.27 bits per heavy atom. The van der Waals surface area contributed by atoms with Crippen molar-refractivity contribution in [2.45, 2.75) is 18.4 Å². The van der Waals surface area contributed by atoms with E-state index in [4.69, 9.17) is 4.74 Å². The summed E-state index contributed by atoms with van der Waals surface area (Å²) in [5.74, 6) is 0.935. The summed E-state index contributed by atoms with van der Waals surface area (Å²) in [6.07, 6.45) is 2.29. The van der Waals surface area contributed by atoms with Crippen molar-refractivity contribution in [2.24, 2.45) is 11.8 Å². The van der Waals surface area contributed by atoms with Gasteiger partial charge in [-0.3, -0.25) is 4.79 Å². The quantitative estimate of drug-likeness (QED) is 0.494. The third-order valence-corrected chi connectivity index (χ3v) is 3.56. The lowest BCUT2D eigenvalue weighted by molar-refractivity contribution is -0.142. The molecule has 0 aromatic rings. The summed E-state index contributed by atoms with van der Waals surface area (Å²) < 4.78 is 5.04. The average Bonchev–Trinajstić information content (AvgIpc) is 2.39. The largest absolute Gasteiger partial charge is 0.463 e. The number of hydrogen-bond donors (Lipinski definition) is 1. The van der Waals surface area contributed by atoms with Crippen LogP contribution < -0.4 is 5.32 Å². The van der Waals surface area contributed by atoms with Crippen molar-refractivity contribution in [1.29, 1.82) is 0 Å². The highest BCUT2D eigenvalue weighted by Gasteiger charge is 2.65. The normalized spacial score (nSPS) is 52.9. The van der Waals surface area contributed by atoms with Crippen LogP contribution in [0.4, 0.5) is 0 Å². The highest BCUT2D eigenvalue weighted by Crippen LogP contribution is 2.53. The van der Waals surface area contributed by atoms with Gasteiger partial charge in [0.2, 0.25) is 0 Å². The van der Waals surface area contributed by atoms with Crippen LogP contribution in [-0.2, 0) is 9.53 Å². The maximum Gasteiger partial charge on any atom is 0.311 e. The number of rotatable bonds is 0. The molecular formula is C8H11NO2. The molecule has 0 radical (unpaired) electrons. The monoisotopic (exact) mass is 153 g/mol. The molecule has 3 nitrogen and oxygen atoms in total. The zero-order valence-electron chi connectivity index (χ0n) is 6.30. The minimum absolute atomic E-state index is 0.0238. The molecule has 0 unspecified atom stereocenters. The summed E-state index contributed by atoms with van der Waals surface area (Å²) in [5.41, 5.74) is 0.0943. The Balaban J connectivity index is 1.98. The lowest BCUT2D eigenvalue weighted by Gasteiger charge is -2.44. The molecule has 3 rings (SSSR count). The van der Waals surface area contributed by atoms with E-state index in [1.54, 1.807) is 0 Å². The van der Waals surface area contributed by atoms with E-state index in [1.807, 2.05) is 0 Å². The fourth-order valence-corrected chi connectivity index (χ4v) is 2.82. The predicted molar refractivity (Wildman–Crippen MR) is 37.9 cm³/mol. The van der Waals surface area contributed by atoms with Gasteiger partial charge in [0, 0.05) is 0 Å². The van der Waals surface area contributed by atoms with Crippen LogP contribution in [-0.4, -0.2) is 24.7 Å². The van der Waals surface area contributed by atoms with Gasteiger partial charge in [-0.1, -0.05) is 0 Å². The Morgan fingerprint density at radius 1 is 1.64 bits per heavy atom. The molecular weight excluding hydrogens is 142 g/mol. The van der Waals surface area contributed by atoms with Crippen LogP contribution in [0.5, 0.6) is 0 Å². The van der Waals surface area contributed by atoms with Gasteiger partial charge in [0.15, 0.2) is 0 Å². The number of esters is 1. The molecule has 60 valence electrons. The second-order valence-corrected chi connectivity index (χ2v) is 3.85. The Morgan fingerprint density at radius 2 is 2.55 bits per heavy atom. The Labute approximate surface area is 65.1 Å². The fraction of sp³-hybridized carbons (Fsp3) is 0.875. The predicted octanol–water partition coefficient (Wildman–Crippen LogP) is -0.0886.